The Morgan fingerprint density at radius 3 is 2.69 bits per heavy atom. The number of nitrogens with zero attached hydrogens (tertiary/aromatic N) is 1. The molecule has 1 unspecified atom stereocenters. The van der Waals surface area contributed by atoms with E-state index in [0.717, 1.165) is 24.4 Å². The molecule has 0 aliphatic rings. The molecule has 16 heavy (non-hydrogen) atoms. The minimum atomic E-state index is 0.316. The van der Waals surface area contributed by atoms with Gasteiger partial charge in [0.15, 0.2) is 0 Å². The molecule has 0 saturated heterocycles. The van der Waals surface area contributed by atoms with Crippen LogP contribution >= 0.6 is 0 Å². The van der Waals surface area contributed by atoms with E-state index in [0.29, 0.717) is 12.6 Å². The molecule has 0 aliphatic heterocycles. The Bertz CT molecular complexity index is 282. The Morgan fingerprint density at radius 2 is 2.19 bits per heavy atom. The van der Waals surface area contributed by atoms with Crippen molar-refractivity contribution in [3.05, 3.63) is 18.3 Å². The van der Waals surface area contributed by atoms with Gasteiger partial charge in [0.25, 0.3) is 0 Å². The van der Waals surface area contributed by atoms with Crippen LogP contribution in [-0.2, 0) is 4.74 Å². The fourth-order valence-electron chi connectivity index (χ4n) is 1.54. The van der Waals surface area contributed by atoms with Gasteiger partial charge in [-0.3, -0.25) is 0 Å². The Labute approximate surface area is 97.0 Å². The minimum Gasteiger partial charge on any atom is -0.495 e. The topological polar surface area (TPSA) is 43.4 Å². The summed E-state index contributed by atoms with van der Waals surface area (Å²) in [5.41, 5.74) is 0. The molecule has 1 heterocycles. The van der Waals surface area contributed by atoms with Crippen LogP contribution in [-0.4, -0.2) is 31.9 Å². The first kappa shape index (κ1) is 12.8. The van der Waals surface area contributed by atoms with Crippen LogP contribution < -0.4 is 10.1 Å². The van der Waals surface area contributed by atoms with Crippen LogP contribution in [0.3, 0.4) is 0 Å². The van der Waals surface area contributed by atoms with Gasteiger partial charge < -0.3 is 14.8 Å². The lowest BCUT2D eigenvalue weighted by molar-refractivity contribution is 0.182. The van der Waals surface area contributed by atoms with Crippen molar-refractivity contribution >= 4 is 5.82 Å². The zero-order chi connectivity index (χ0) is 11.8. The third-order valence-electron chi connectivity index (χ3n) is 2.33. The first-order valence-corrected chi connectivity index (χ1v) is 5.55. The van der Waals surface area contributed by atoms with Gasteiger partial charge >= 0.3 is 0 Å². The summed E-state index contributed by atoms with van der Waals surface area (Å²) in [5.74, 6) is 1.63. The van der Waals surface area contributed by atoms with Crippen LogP contribution in [0, 0.1) is 0 Å². The predicted octanol–water partition coefficient (Wildman–Crippen LogP) is 2.32. The standard InChI is InChI=1S/C12H20N2O2/c1-4-5-10(9-15-2)14-12-7-6-11(16-3)8-13-12/h6-8,10H,4-5,9H2,1-3H3,(H,13,14). The summed E-state index contributed by atoms with van der Waals surface area (Å²) in [6.45, 7) is 2.85. The molecule has 4 heteroatoms. The van der Waals surface area contributed by atoms with Crippen LogP contribution in [0.25, 0.3) is 0 Å². The minimum absolute atomic E-state index is 0.316. The molecule has 90 valence electrons. The Hall–Kier alpha value is -1.29. The van der Waals surface area contributed by atoms with Gasteiger partial charge in [-0.05, 0) is 18.6 Å². The van der Waals surface area contributed by atoms with Crippen LogP contribution in [0.5, 0.6) is 5.75 Å². The van der Waals surface area contributed by atoms with Crippen LogP contribution in [0.4, 0.5) is 5.82 Å². The lowest BCUT2D eigenvalue weighted by Crippen LogP contribution is -2.25. The highest BCUT2D eigenvalue weighted by Crippen LogP contribution is 2.13. The molecule has 0 aromatic carbocycles. The number of anilines is 1. The fourth-order valence-corrected chi connectivity index (χ4v) is 1.54. The van der Waals surface area contributed by atoms with E-state index in [1.165, 1.54) is 0 Å². The number of hydrogen-bond donors (Lipinski definition) is 1. The Balaban J connectivity index is 2.54. The summed E-state index contributed by atoms with van der Waals surface area (Å²) in [4.78, 5) is 4.26. The maximum absolute atomic E-state index is 5.16. The van der Waals surface area contributed by atoms with E-state index in [4.69, 9.17) is 9.47 Å². The van der Waals surface area contributed by atoms with E-state index in [2.05, 4.69) is 17.2 Å². The highest BCUT2D eigenvalue weighted by molar-refractivity contribution is 5.38. The summed E-state index contributed by atoms with van der Waals surface area (Å²) in [5, 5.41) is 3.34. The normalized spacial score (nSPS) is 12.2. The van der Waals surface area contributed by atoms with Gasteiger partial charge in [-0.25, -0.2) is 4.98 Å². The monoisotopic (exact) mass is 224 g/mol. The molecular formula is C12H20N2O2. The second kappa shape index (κ2) is 7.06. The number of pyridine rings is 1. The first-order chi connectivity index (χ1) is 7.80. The Morgan fingerprint density at radius 1 is 1.38 bits per heavy atom. The van der Waals surface area contributed by atoms with E-state index >= 15 is 0 Å². The smallest absolute Gasteiger partial charge is 0.137 e. The highest BCUT2D eigenvalue weighted by Gasteiger charge is 2.07. The van der Waals surface area contributed by atoms with Crippen molar-refractivity contribution in [1.82, 2.24) is 4.98 Å². The van der Waals surface area contributed by atoms with Gasteiger partial charge in [-0.15, -0.1) is 0 Å². The fraction of sp³-hybridized carbons (Fsp3) is 0.583. The second-order valence-corrected chi connectivity index (χ2v) is 3.67. The van der Waals surface area contributed by atoms with Gasteiger partial charge in [0.05, 0.1) is 26.0 Å². The average molecular weight is 224 g/mol. The molecule has 0 bridgehead atoms. The number of methoxy groups -OCH3 is 2. The average Bonchev–Trinajstić information content (AvgIpc) is 2.31. The summed E-state index contributed by atoms with van der Waals surface area (Å²) < 4.78 is 10.2. The van der Waals surface area contributed by atoms with Gasteiger partial charge in [0.2, 0.25) is 0 Å². The molecule has 0 radical (unpaired) electrons. The zero-order valence-corrected chi connectivity index (χ0v) is 10.2. The molecule has 1 aromatic rings. The number of aromatic nitrogens is 1. The predicted molar refractivity (Wildman–Crippen MR) is 65.0 cm³/mol. The zero-order valence-electron chi connectivity index (χ0n) is 10.2. The molecule has 1 aromatic heterocycles. The van der Waals surface area contributed by atoms with E-state index in [-0.39, 0.29) is 0 Å². The lowest BCUT2D eigenvalue weighted by Gasteiger charge is -2.17. The van der Waals surface area contributed by atoms with Crippen molar-refractivity contribution in [2.24, 2.45) is 0 Å². The molecule has 4 nitrogen and oxygen atoms in total. The van der Waals surface area contributed by atoms with E-state index in [1.807, 2.05) is 12.1 Å². The number of ether oxygens (including phenoxy) is 2. The van der Waals surface area contributed by atoms with Crippen LogP contribution in [0.15, 0.2) is 18.3 Å². The Kier molecular flexibility index (Phi) is 5.64. The summed E-state index contributed by atoms with van der Waals surface area (Å²) >= 11 is 0. The SMILES string of the molecule is CCCC(COC)Nc1ccc(OC)cn1. The van der Waals surface area contributed by atoms with E-state index in [1.54, 1.807) is 20.4 Å². The molecule has 1 rings (SSSR count). The third kappa shape index (κ3) is 4.06. The van der Waals surface area contributed by atoms with Crippen LogP contribution in [0.2, 0.25) is 0 Å². The van der Waals surface area contributed by atoms with Crippen molar-refractivity contribution in [3.63, 3.8) is 0 Å². The maximum Gasteiger partial charge on any atom is 0.137 e. The van der Waals surface area contributed by atoms with Crippen LogP contribution in [0.1, 0.15) is 19.8 Å². The largest absolute Gasteiger partial charge is 0.495 e. The third-order valence-corrected chi connectivity index (χ3v) is 2.33. The summed E-state index contributed by atoms with van der Waals surface area (Å²) in [6, 6.07) is 4.12. The van der Waals surface area contributed by atoms with Crippen molar-refractivity contribution < 1.29 is 9.47 Å². The van der Waals surface area contributed by atoms with Gasteiger partial charge in [0.1, 0.15) is 11.6 Å². The van der Waals surface area contributed by atoms with Crippen molar-refractivity contribution in [1.29, 1.82) is 0 Å². The number of rotatable bonds is 7. The van der Waals surface area contributed by atoms with Gasteiger partial charge in [-0.1, -0.05) is 13.3 Å². The molecule has 1 atom stereocenters. The number of nitrogens with one attached hydrogen (secondary N) is 1. The van der Waals surface area contributed by atoms with Crippen molar-refractivity contribution in [2.45, 2.75) is 25.8 Å². The summed E-state index contributed by atoms with van der Waals surface area (Å²) in [7, 11) is 3.35. The quantitative estimate of drug-likeness (QED) is 0.772. The number of hydrogen-bond acceptors (Lipinski definition) is 4. The molecule has 0 spiro atoms. The molecule has 0 aliphatic carbocycles. The molecule has 0 fully saturated rings. The van der Waals surface area contributed by atoms with E-state index < -0.39 is 0 Å². The van der Waals surface area contributed by atoms with E-state index in [9.17, 15) is 0 Å². The highest BCUT2D eigenvalue weighted by atomic mass is 16.5. The molecule has 0 amide bonds. The van der Waals surface area contributed by atoms with Crippen molar-refractivity contribution in [3.8, 4) is 5.75 Å². The molecule has 1 N–H and O–H groups in total. The molecular weight excluding hydrogens is 204 g/mol. The first-order valence-electron chi connectivity index (χ1n) is 5.55. The van der Waals surface area contributed by atoms with Gasteiger partial charge in [-0.2, -0.15) is 0 Å². The molecule has 0 saturated carbocycles. The summed E-state index contributed by atoms with van der Waals surface area (Å²) in [6.07, 6.45) is 3.90. The lowest BCUT2D eigenvalue weighted by atomic mass is 10.2. The second-order valence-electron chi connectivity index (χ2n) is 3.67. The van der Waals surface area contributed by atoms with Gasteiger partial charge in [0, 0.05) is 7.11 Å². The van der Waals surface area contributed by atoms with Crippen molar-refractivity contribution in [2.75, 3.05) is 26.1 Å². The maximum atomic E-state index is 5.16.